The number of allylic oxidation sites excluding steroid dienone is 1. The van der Waals surface area contributed by atoms with Crippen LogP contribution in [0.25, 0.3) is 28.0 Å². The van der Waals surface area contributed by atoms with Crippen LogP contribution in [0.15, 0.2) is 96.3 Å². The van der Waals surface area contributed by atoms with Crippen LogP contribution in [0.4, 0.5) is 19.2 Å². The number of likely N-dealkylation sites (tertiary alicyclic amines) is 2. The Balaban J connectivity index is 0.000000270. The molecule has 0 spiro atoms. The van der Waals surface area contributed by atoms with Crippen molar-refractivity contribution in [1.29, 1.82) is 0 Å². The molecule has 3 aromatic carbocycles. The number of benzene rings is 3. The number of methoxy groups -OCH3 is 4. The van der Waals surface area contributed by atoms with Gasteiger partial charge in [0.2, 0.25) is 11.8 Å². The van der Waals surface area contributed by atoms with E-state index in [0.29, 0.717) is 59.2 Å². The third-order valence-corrected chi connectivity index (χ3v) is 16.1. The molecule has 6 aliphatic heterocycles. The summed E-state index contributed by atoms with van der Waals surface area (Å²) in [5, 5.41) is 20.7. The van der Waals surface area contributed by atoms with Gasteiger partial charge in [-0.05, 0) is 65.0 Å². The molecule has 0 saturated carbocycles. The molecule has 5 N–H and O–H groups in total. The third-order valence-electron chi connectivity index (χ3n) is 16.1. The van der Waals surface area contributed by atoms with Crippen molar-refractivity contribution < 1.29 is 100 Å². The van der Waals surface area contributed by atoms with Crippen LogP contribution in [0, 0.1) is 23.7 Å². The van der Waals surface area contributed by atoms with E-state index in [2.05, 4.69) is 89.2 Å². The van der Waals surface area contributed by atoms with Gasteiger partial charge < -0.3 is 83.8 Å². The number of aliphatic imine (C=N–C) groups is 1. The Hall–Kier alpha value is -8.28. The van der Waals surface area contributed by atoms with Crippen LogP contribution in [-0.2, 0) is 63.7 Å². The summed E-state index contributed by atoms with van der Waals surface area (Å²) in [6.45, 7) is 7.54. The molecule has 472 valence electrons. The summed E-state index contributed by atoms with van der Waals surface area (Å²) < 4.78 is 38.7. The van der Waals surface area contributed by atoms with Crippen molar-refractivity contribution in [3.05, 3.63) is 108 Å². The number of carbonyl (C=O) groups excluding carboxylic acids is 8. The number of carboxylic acid groups (broad SMARTS) is 1. The van der Waals surface area contributed by atoms with Gasteiger partial charge in [0.05, 0.1) is 104 Å². The molecule has 26 nitrogen and oxygen atoms in total. The summed E-state index contributed by atoms with van der Waals surface area (Å²) in [4.78, 5) is 112. The van der Waals surface area contributed by atoms with Gasteiger partial charge in [0.1, 0.15) is 30.6 Å². The minimum Gasteiger partial charge on any atom is -0.548 e. The van der Waals surface area contributed by atoms with Crippen molar-refractivity contribution in [2.45, 2.75) is 88.8 Å². The monoisotopic (exact) mass is 1230 g/mol. The number of imidazole rings is 1. The first kappa shape index (κ1) is 68.2. The van der Waals surface area contributed by atoms with Crippen molar-refractivity contribution in [2.24, 2.45) is 28.7 Å². The molecule has 4 aromatic rings. The summed E-state index contributed by atoms with van der Waals surface area (Å²) in [5.74, 6) is -1.80. The Morgan fingerprint density at radius 1 is 0.607 bits per heavy atom. The SMILES string of the molecule is COC(=O)C(NC(=O)OCc1ccccc1)C1COC1.COC(=O)NC(C(=O)N1CCC[C@H]1c1ncc(-c2ccc(-c3ccc(C4=CN=C([C@@H]5CCCN5C(=O)[C@@H](NC(=O)OC)C(C)C)C4)cc3)cc2)[nH]1)C1COC1.COC(=O)NC(C(=O)[O-])C1COC1.[Li+]. The maximum absolute atomic E-state index is 13.7. The molecule has 5 saturated heterocycles. The quantitative estimate of drug-likeness (QED) is 0.0505. The fraction of sp³-hybridized carbons (Fsp3) is 0.484. The molecule has 10 rings (SSSR count). The molecule has 6 atom stereocenters. The molecule has 0 aliphatic carbocycles. The standard InChI is InChI=1S/C41H49N7O7.C14H17NO5.C7H11NO5.Li/c1-24(2)35(45-40(51)53-3)38(49)47-17-5-7-33(47)31-19-29(20-42-31)27-11-9-25(10-12-27)26-13-15-28(16-14-26)32-21-43-37(44-32)34-8-6-18-48(34)39(50)36(30-22-55-23-30)46-41(52)54-4;1-18-13(16)12(11-8-19-9-11)15-14(17)20-7-10-5-3-2-4-6-10;1-12-7(11)8-5(6(9)10)4-2-13-3-4;/h9-16,20-21,24,30,33-36H,5-8,17-19,22-23H2,1-4H3,(H,43,44)(H,45,51)(H,46,52);2-6,11-12H,7-9H2,1H3,(H,15,17);4-5H,2-3H2,1H3,(H,8,11)(H,9,10);/q;;;+1/p-1/t33-,34-,35-,36?;;;/m0.../s1. The zero-order valence-corrected chi connectivity index (χ0v) is 51.1. The van der Waals surface area contributed by atoms with Gasteiger partial charge in [0.15, 0.2) is 0 Å². The van der Waals surface area contributed by atoms with E-state index in [4.69, 9.17) is 33.4 Å². The van der Waals surface area contributed by atoms with E-state index in [1.54, 1.807) is 6.20 Å². The number of aliphatic carboxylic acids is 1. The number of hydrogen-bond acceptors (Lipinski definition) is 19. The molecular formula is C62H76LiN9O17. The van der Waals surface area contributed by atoms with E-state index >= 15 is 0 Å². The van der Waals surface area contributed by atoms with Crippen LogP contribution in [0.1, 0.15) is 68.9 Å². The first-order valence-electron chi connectivity index (χ1n) is 29.2. The molecule has 6 amide bonds. The van der Waals surface area contributed by atoms with Gasteiger partial charge in [0, 0.05) is 49.2 Å². The minimum absolute atomic E-state index is 0. The van der Waals surface area contributed by atoms with Crippen molar-refractivity contribution in [3.8, 4) is 22.4 Å². The summed E-state index contributed by atoms with van der Waals surface area (Å²) >= 11 is 0. The van der Waals surface area contributed by atoms with Gasteiger partial charge >= 0.3 is 49.2 Å². The molecular weight excluding hydrogens is 1150 g/mol. The van der Waals surface area contributed by atoms with E-state index in [1.807, 2.05) is 60.2 Å². The second-order valence-electron chi connectivity index (χ2n) is 22.2. The third kappa shape index (κ3) is 17.7. The fourth-order valence-corrected chi connectivity index (χ4v) is 10.8. The zero-order valence-electron chi connectivity index (χ0n) is 51.1. The second kappa shape index (κ2) is 32.8. The minimum atomic E-state index is -1.32. The van der Waals surface area contributed by atoms with E-state index in [0.717, 1.165) is 76.3 Å². The van der Waals surface area contributed by atoms with Crippen LogP contribution >= 0.6 is 0 Å². The molecule has 89 heavy (non-hydrogen) atoms. The Bertz CT molecular complexity index is 3130. The number of carbonyl (C=O) groups is 8. The molecule has 0 radical (unpaired) electrons. The van der Waals surface area contributed by atoms with Crippen LogP contribution in [-0.4, -0.2) is 185 Å². The number of hydrogen-bond donors (Lipinski definition) is 5. The topological polar surface area (TPSA) is 329 Å². The van der Waals surface area contributed by atoms with Crippen LogP contribution in [0.3, 0.4) is 0 Å². The molecule has 0 bridgehead atoms. The van der Waals surface area contributed by atoms with Crippen molar-refractivity contribution in [3.63, 3.8) is 0 Å². The zero-order chi connectivity index (χ0) is 62.9. The smallest absolute Gasteiger partial charge is 0.548 e. The van der Waals surface area contributed by atoms with Crippen LogP contribution < -0.4 is 45.2 Å². The predicted molar refractivity (Wildman–Crippen MR) is 314 cm³/mol. The molecule has 3 unspecified atom stereocenters. The number of aromatic nitrogens is 2. The van der Waals surface area contributed by atoms with Crippen LogP contribution in [0.5, 0.6) is 0 Å². The number of H-pyrrole nitrogens is 1. The van der Waals surface area contributed by atoms with E-state index in [1.165, 1.54) is 28.4 Å². The summed E-state index contributed by atoms with van der Waals surface area (Å²) in [6, 6.07) is 22.6. The first-order valence-corrected chi connectivity index (χ1v) is 29.2. The maximum atomic E-state index is 13.7. The number of rotatable bonds is 19. The molecule has 5 fully saturated rings. The van der Waals surface area contributed by atoms with E-state index in [9.17, 15) is 43.5 Å². The average Bonchev–Trinajstić information content (AvgIpc) is 2.11. The van der Waals surface area contributed by atoms with Gasteiger partial charge in [-0.3, -0.25) is 14.6 Å². The summed E-state index contributed by atoms with van der Waals surface area (Å²) in [7, 11) is 5.03. The number of nitrogens with one attached hydrogen (secondary N) is 5. The number of ether oxygens (including phenoxy) is 8. The van der Waals surface area contributed by atoms with Crippen LogP contribution in [0.2, 0.25) is 0 Å². The maximum Gasteiger partial charge on any atom is 1.00 e. The normalized spacial score (nSPS) is 19.1. The number of amides is 6. The average molecular weight is 1230 g/mol. The van der Waals surface area contributed by atoms with Crippen molar-refractivity contribution in [1.82, 2.24) is 41.0 Å². The van der Waals surface area contributed by atoms with Gasteiger partial charge in [-0.2, -0.15) is 0 Å². The van der Waals surface area contributed by atoms with Gasteiger partial charge in [-0.1, -0.05) is 92.7 Å². The Morgan fingerprint density at radius 2 is 1.10 bits per heavy atom. The Morgan fingerprint density at radius 3 is 1.63 bits per heavy atom. The number of aromatic amines is 1. The number of alkyl carbamates (subject to hydrolysis) is 4. The van der Waals surface area contributed by atoms with E-state index in [-0.39, 0.29) is 73.0 Å². The number of nitrogens with zero attached hydrogens (tertiary/aromatic N) is 4. The number of carboxylic acids is 1. The predicted octanol–water partition coefficient (Wildman–Crippen LogP) is 1.55. The fourth-order valence-electron chi connectivity index (χ4n) is 10.8. The van der Waals surface area contributed by atoms with E-state index < -0.39 is 60.5 Å². The Labute approximate surface area is 527 Å². The Kier molecular flexibility index (Phi) is 25.1. The number of esters is 1. The molecule has 6 aliphatic rings. The van der Waals surface area contributed by atoms with Gasteiger partial charge in [0.25, 0.3) is 0 Å². The largest absolute Gasteiger partial charge is 1.00 e. The second-order valence-corrected chi connectivity index (χ2v) is 22.2. The molecule has 7 heterocycles. The first-order chi connectivity index (χ1) is 42.5. The summed E-state index contributed by atoms with van der Waals surface area (Å²) in [5.41, 5.74) is 8.03. The van der Waals surface area contributed by atoms with Gasteiger partial charge in [-0.25, -0.2) is 29.0 Å². The molecule has 27 heteroatoms. The molecule has 1 aromatic heterocycles. The summed E-state index contributed by atoms with van der Waals surface area (Å²) in [6.07, 6.45) is 5.06. The van der Waals surface area contributed by atoms with Crippen molar-refractivity contribution in [2.75, 3.05) is 81.2 Å². The van der Waals surface area contributed by atoms with Crippen molar-refractivity contribution >= 4 is 59.4 Å². The van der Waals surface area contributed by atoms with Gasteiger partial charge in [-0.15, -0.1) is 0 Å².